The van der Waals surface area contributed by atoms with Gasteiger partial charge in [0.15, 0.2) is 0 Å². The molecule has 0 saturated heterocycles. The number of nitriles is 1. The molecule has 1 rings (SSSR count). The van der Waals surface area contributed by atoms with Crippen molar-refractivity contribution in [2.45, 2.75) is 6.10 Å². The predicted molar refractivity (Wildman–Crippen MR) is 46.8 cm³/mol. The Morgan fingerprint density at radius 2 is 2.00 bits per heavy atom. The van der Waals surface area contributed by atoms with Crippen LogP contribution in [-0.4, -0.2) is 11.0 Å². The van der Waals surface area contributed by atoms with E-state index >= 15 is 0 Å². The van der Waals surface area contributed by atoms with Crippen LogP contribution in [0.1, 0.15) is 17.2 Å². The molecule has 0 saturated carbocycles. The summed E-state index contributed by atoms with van der Waals surface area (Å²) in [4.78, 5) is 0. The van der Waals surface area contributed by atoms with Crippen molar-refractivity contribution in [3.05, 3.63) is 35.4 Å². The second-order valence-electron chi connectivity index (χ2n) is 2.40. The first-order valence-corrected chi connectivity index (χ1v) is 4.05. The van der Waals surface area contributed by atoms with E-state index in [0.717, 1.165) is 5.56 Å². The minimum Gasteiger partial charge on any atom is -0.387 e. The molecule has 62 valence electrons. The number of aliphatic hydroxyl groups excluding tert-OH is 1. The normalized spacial score (nSPS) is 12.1. The standard InChI is InChI=1S/C9H8ClNO/c10-5-9(12)8-3-1-7(6-11)2-4-8/h1-4,9,12H,5H2. The maximum absolute atomic E-state index is 9.28. The van der Waals surface area contributed by atoms with Gasteiger partial charge in [0, 0.05) is 0 Å². The highest BCUT2D eigenvalue weighted by atomic mass is 35.5. The molecule has 0 fully saturated rings. The summed E-state index contributed by atoms with van der Waals surface area (Å²) in [5.74, 6) is 0.173. The van der Waals surface area contributed by atoms with Crippen molar-refractivity contribution in [2.75, 3.05) is 5.88 Å². The van der Waals surface area contributed by atoms with E-state index in [0.29, 0.717) is 5.56 Å². The molecule has 0 aliphatic rings. The van der Waals surface area contributed by atoms with Crippen LogP contribution in [0.25, 0.3) is 0 Å². The molecule has 1 aromatic rings. The minimum atomic E-state index is -0.639. The molecule has 0 aliphatic heterocycles. The Morgan fingerprint density at radius 1 is 1.42 bits per heavy atom. The van der Waals surface area contributed by atoms with Gasteiger partial charge in [0.25, 0.3) is 0 Å². The van der Waals surface area contributed by atoms with Crippen LogP contribution in [-0.2, 0) is 0 Å². The van der Waals surface area contributed by atoms with Gasteiger partial charge in [-0.15, -0.1) is 11.6 Å². The van der Waals surface area contributed by atoms with Gasteiger partial charge in [-0.2, -0.15) is 5.26 Å². The van der Waals surface area contributed by atoms with Crippen molar-refractivity contribution in [1.82, 2.24) is 0 Å². The Hall–Kier alpha value is -1.04. The van der Waals surface area contributed by atoms with Crippen molar-refractivity contribution in [2.24, 2.45) is 0 Å². The van der Waals surface area contributed by atoms with Crippen molar-refractivity contribution in [3.63, 3.8) is 0 Å². The van der Waals surface area contributed by atoms with Gasteiger partial charge in [-0.3, -0.25) is 0 Å². The number of hydrogen-bond donors (Lipinski definition) is 1. The molecule has 0 radical (unpaired) electrons. The molecule has 1 atom stereocenters. The summed E-state index contributed by atoms with van der Waals surface area (Å²) in [5, 5.41) is 17.8. The number of rotatable bonds is 2. The predicted octanol–water partition coefficient (Wildman–Crippen LogP) is 1.83. The lowest BCUT2D eigenvalue weighted by Gasteiger charge is -2.05. The molecule has 1 aromatic carbocycles. The molecule has 1 N–H and O–H groups in total. The number of hydrogen-bond acceptors (Lipinski definition) is 2. The highest BCUT2D eigenvalue weighted by Gasteiger charge is 2.04. The lowest BCUT2D eigenvalue weighted by Crippen LogP contribution is -1.97. The Morgan fingerprint density at radius 3 is 2.42 bits per heavy atom. The quantitative estimate of drug-likeness (QED) is 0.708. The van der Waals surface area contributed by atoms with E-state index in [9.17, 15) is 5.11 Å². The average molecular weight is 182 g/mol. The zero-order valence-corrected chi connectivity index (χ0v) is 7.12. The van der Waals surface area contributed by atoms with Crippen molar-refractivity contribution in [3.8, 4) is 6.07 Å². The smallest absolute Gasteiger partial charge is 0.0991 e. The SMILES string of the molecule is N#Cc1ccc(C(O)CCl)cc1. The van der Waals surface area contributed by atoms with Gasteiger partial charge < -0.3 is 5.11 Å². The fourth-order valence-electron chi connectivity index (χ4n) is 0.869. The van der Waals surface area contributed by atoms with Crippen molar-refractivity contribution in [1.29, 1.82) is 5.26 Å². The first-order valence-electron chi connectivity index (χ1n) is 3.52. The Bertz CT molecular complexity index is 288. The van der Waals surface area contributed by atoms with Gasteiger partial charge in [-0.1, -0.05) is 12.1 Å². The molecule has 3 heteroatoms. The summed E-state index contributed by atoms with van der Waals surface area (Å²) in [6, 6.07) is 8.71. The van der Waals surface area contributed by atoms with Crippen LogP contribution in [0.2, 0.25) is 0 Å². The third-order valence-electron chi connectivity index (χ3n) is 1.57. The van der Waals surface area contributed by atoms with Gasteiger partial charge in [-0.05, 0) is 17.7 Å². The van der Waals surface area contributed by atoms with Crippen LogP contribution in [0, 0.1) is 11.3 Å². The van der Waals surface area contributed by atoms with E-state index in [1.807, 2.05) is 6.07 Å². The number of benzene rings is 1. The largest absolute Gasteiger partial charge is 0.387 e. The molecule has 0 amide bonds. The van der Waals surface area contributed by atoms with Crippen LogP contribution in [0.5, 0.6) is 0 Å². The zero-order valence-electron chi connectivity index (χ0n) is 6.37. The second-order valence-corrected chi connectivity index (χ2v) is 2.71. The third-order valence-corrected chi connectivity index (χ3v) is 1.86. The third kappa shape index (κ3) is 1.97. The molecule has 0 spiro atoms. The highest BCUT2D eigenvalue weighted by Crippen LogP contribution is 2.14. The lowest BCUT2D eigenvalue weighted by atomic mass is 10.1. The van der Waals surface area contributed by atoms with Gasteiger partial charge in [0.2, 0.25) is 0 Å². The summed E-state index contributed by atoms with van der Waals surface area (Å²) in [6.07, 6.45) is -0.639. The minimum absolute atomic E-state index is 0.173. The summed E-state index contributed by atoms with van der Waals surface area (Å²) in [6.45, 7) is 0. The monoisotopic (exact) mass is 181 g/mol. The van der Waals surface area contributed by atoms with Crippen LogP contribution in [0.3, 0.4) is 0 Å². The van der Waals surface area contributed by atoms with E-state index in [1.165, 1.54) is 0 Å². The summed E-state index contributed by atoms with van der Waals surface area (Å²) >= 11 is 5.45. The van der Waals surface area contributed by atoms with Gasteiger partial charge in [0.1, 0.15) is 0 Å². The Labute approximate surface area is 76.0 Å². The van der Waals surface area contributed by atoms with E-state index < -0.39 is 6.10 Å². The topological polar surface area (TPSA) is 44.0 Å². The summed E-state index contributed by atoms with van der Waals surface area (Å²) < 4.78 is 0. The molecule has 2 nitrogen and oxygen atoms in total. The second kappa shape index (κ2) is 4.10. The molecule has 0 aliphatic carbocycles. The summed E-state index contributed by atoms with van der Waals surface area (Å²) in [5.41, 5.74) is 1.32. The molecule has 0 aromatic heterocycles. The molecule has 0 heterocycles. The van der Waals surface area contributed by atoms with E-state index in [-0.39, 0.29) is 5.88 Å². The van der Waals surface area contributed by atoms with Crippen LogP contribution in [0.4, 0.5) is 0 Å². The van der Waals surface area contributed by atoms with Crippen LogP contribution >= 0.6 is 11.6 Å². The van der Waals surface area contributed by atoms with E-state index in [1.54, 1.807) is 24.3 Å². The van der Waals surface area contributed by atoms with E-state index in [4.69, 9.17) is 16.9 Å². The van der Waals surface area contributed by atoms with Crippen molar-refractivity contribution < 1.29 is 5.11 Å². The maximum Gasteiger partial charge on any atom is 0.0991 e. The molecular formula is C9H8ClNO. The first kappa shape index (κ1) is 9.05. The molecule has 12 heavy (non-hydrogen) atoms. The highest BCUT2D eigenvalue weighted by molar-refractivity contribution is 6.18. The van der Waals surface area contributed by atoms with Gasteiger partial charge in [-0.25, -0.2) is 0 Å². The van der Waals surface area contributed by atoms with Crippen LogP contribution in [0.15, 0.2) is 24.3 Å². The Balaban J connectivity index is 2.86. The lowest BCUT2D eigenvalue weighted by molar-refractivity contribution is 0.202. The van der Waals surface area contributed by atoms with E-state index in [2.05, 4.69) is 0 Å². The summed E-state index contributed by atoms with van der Waals surface area (Å²) in [7, 11) is 0. The van der Waals surface area contributed by atoms with Gasteiger partial charge in [0.05, 0.1) is 23.6 Å². The molecular weight excluding hydrogens is 174 g/mol. The number of halogens is 1. The fourth-order valence-corrected chi connectivity index (χ4v) is 1.05. The average Bonchev–Trinajstić information content (AvgIpc) is 2.17. The first-order chi connectivity index (χ1) is 5.77. The Kier molecular flexibility index (Phi) is 3.09. The molecule has 1 unspecified atom stereocenters. The van der Waals surface area contributed by atoms with Crippen molar-refractivity contribution >= 4 is 11.6 Å². The maximum atomic E-state index is 9.28. The van der Waals surface area contributed by atoms with Crippen LogP contribution < -0.4 is 0 Å². The molecule has 0 bridgehead atoms. The number of nitrogens with zero attached hydrogens (tertiary/aromatic N) is 1. The zero-order chi connectivity index (χ0) is 8.97. The van der Waals surface area contributed by atoms with Gasteiger partial charge >= 0.3 is 0 Å². The fraction of sp³-hybridized carbons (Fsp3) is 0.222. The number of alkyl halides is 1. The number of aliphatic hydroxyl groups is 1.